The van der Waals surface area contributed by atoms with Gasteiger partial charge in [0, 0.05) is 16.8 Å². The minimum atomic E-state index is -0.617. The van der Waals surface area contributed by atoms with Crippen LogP contribution >= 0.6 is 11.6 Å². The molecule has 0 saturated carbocycles. The number of pyridine rings is 1. The van der Waals surface area contributed by atoms with Gasteiger partial charge >= 0.3 is 0 Å². The quantitative estimate of drug-likeness (QED) is 0.631. The highest BCUT2D eigenvalue weighted by Gasteiger charge is 2.17. The van der Waals surface area contributed by atoms with Gasteiger partial charge < -0.3 is 15.4 Å². The number of carbonyl (C=O) groups excluding carboxylic acids is 2. The number of benzene rings is 2. The maximum absolute atomic E-state index is 11.8. The van der Waals surface area contributed by atoms with E-state index in [1.165, 1.54) is 0 Å². The van der Waals surface area contributed by atoms with Crippen LogP contribution in [0.15, 0.2) is 60.7 Å². The monoisotopic (exact) mass is 407 g/mol. The number of fused-ring (bicyclic) bond motifs is 1. The smallest absolute Gasteiger partial charge is 0.262 e. The molecule has 1 aliphatic rings. The molecule has 3 aromatic rings. The Hall–Kier alpha value is -3.38. The van der Waals surface area contributed by atoms with E-state index in [2.05, 4.69) is 10.6 Å². The summed E-state index contributed by atoms with van der Waals surface area (Å²) in [4.78, 5) is 28.2. The Balaban J connectivity index is 1.64. The molecule has 0 saturated heterocycles. The van der Waals surface area contributed by atoms with Gasteiger partial charge in [-0.15, -0.1) is 11.6 Å². The number of ether oxygens (including phenoxy) is 1. The SMILES string of the molecule is CC(Cl)C(=O)Nc1cccc(-c2cccc(-c3ccc4c(c3)NC(=O)CO4)n2)c1. The number of carbonyl (C=O) groups is 2. The predicted molar refractivity (Wildman–Crippen MR) is 113 cm³/mol. The van der Waals surface area contributed by atoms with Crippen molar-refractivity contribution in [1.29, 1.82) is 0 Å². The summed E-state index contributed by atoms with van der Waals surface area (Å²) < 4.78 is 5.40. The molecule has 0 spiro atoms. The van der Waals surface area contributed by atoms with Gasteiger partial charge in [0.15, 0.2) is 6.61 Å². The van der Waals surface area contributed by atoms with Crippen molar-refractivity contribution in [1.82, 2.24) is 4.98 Å². The lowest BCUT2D eigenvalue weighted by atomic mass is 10.1. The molecule has 1 atom stereocenters. The lowest BCUT2D eigenvalue weighted by Crippen LogP contribution is -2.25. The number of hydrogen-bond donors (Lipinski definition) is 2. The van der Waals surface area contributed by atoms with Crippen molar-refractivity contribution in [2.45, 2.75) is 12.3 Å². The van der Waals surface area contributed by atoms with Crippen LogP contribution in [-0.2, 0) is 9.59 Å². The molecule has 0 radical (unpaired) electrons. The van der Waals surface area contributed by atoms with Gasteiger partial charge in [-0.3, -0.25) is 9.59 Å². The lowest BCUT2D eigenvalue weighted by Gasteiger charge is -2.18. The first-order valence-electron chi connectivity index (χ1n) is 9.09. The maximum atomic E-state index is 11.8. The minimum absolute atomic E-state index is 0.0233. The van der Waals surface area contributed by atoms with E-state index in [0.29, 0.717) is 17.1 Å². The Kier molecular flexibility index (Phi) is 5.18. The number of nitrogens with zero attached hydrogens (tertiary/aromatic N) is 1. The van der Waals surface area contributed by atoms with Crippen molar-refractivity contribution in [2.24, 2.45) is 0 Å². The van der Waals surface area contributed by atoms with E-state index < -0.39 is 5.38 Å². The summed E-state index contributed by atoms with van der Waals surface area (Å²) in [5.41, 5.74) is 4.52. The highest BCUT2D eigenvalue weighted by Crippen LogP contribution is 2.33. The van der Waals surface area contributed by atoms with Crippen LogP contribution in [0, 0.1) is 0 Å². The highest BCUT2D eigenvalue weighted by atomic mass is 35.5. The third kappa shape index (κ3) is 4.22. The van der Waals surface area contributed by atoms with Crippen LogP contribution in [0.5, 0.6) is 5.75 Å². The van der Waals surface area contributed by atoms with E-state index in [1.807, 2.05) is 54.6 Å². The van der Waals surface area contributed by atoms with Gasteiger partial charge in [0.05, 0.1) is 17.1 Å². The molecule has 4 rings (SSSR count). The fourth-order valence-corrected chi connectivity index (χ4v) is 3.05. The number of halogens is 1. The first kappa shape index (κ1) is 19.0. The molecule has 7 heteroatoms. The fourth-order valence-electron chi connectivity index (χ4n) is 3.00. The fraction of sp³-hybridized carbons (Fsp3) is 0.136. The Labute approximate surface area is 172 Å². The van der Waals surface area contributed by atoms with Gasteiger partial charge in [0.25, 0.3) is 5.91 Å². The standard InChI is InChI=1S/C22H18ClN3O3/c1-13(23)22(28)24-16-5-2-4-14(10-16)17-6-3-7-18(25-17)15-8-9-20-19(11-15)26-21(27)12-29-20/h2-11,13H,12H2,1H3,(H,24,28)(H,26,27). The van der Waals surface area contributed by atoms with Crippen molar-refractivity contribution in [3.05, 3.63) is 60.7 Å². The van der Waals surface area contributed by atoms with E-state index >= 15 is 0 Å². The molecule has 0 aliphatic carbocycles. The summed E-state index contributed by atoms with van der Waals surface area (Å²) in [6, 6.07) is 18.7. The maximum Gasteiger partial charge on any atom is 0.262 e. The summed E-state index contributed by atoms with van der Waals surface area (Å²) >= 11 is 5.82. The highest BCUT2D eigenvalue weighted by molar-refractivity contribution is 6.32. The second-order valence-electron chi connectivity index (χ2n) is 6.64. The van der Waals surface area contributed by atoms with Gasteiger partial charge in [-0.2, -0.15) is 0 Å². The Morgan fingerprint density at radius 2 is 1.83 bits per heavy atom. The second kappa shape index (κ2) is 7.93. The topological polar surface area (TPSA) is 80.3 Å². The second-order valence-corrected chi connectivity index (χ2v) is 7.30. The number of nitrogens with one attached hydrogen (secondary N) is 2. The zero-order valence-corrected chi connectivity index (χ0v) is 16.4. The predicted octanol–water partition coefficient (Wildman–Crippen LogP) is 4.31. The van der Waals surface area contributed by atoms with E-state index in [4.69, 9.17) is 21.3 Å². The van der Waals surface area contributed by atoms with Gasteiger partial charge in [-0.1, -0.05) is 18.2 Å². The van der Waals surface area contributed by atoms with E-state index in [1.54, 1.807) is 13.0 Å². The minimum Gasteiger partial charge on any atom is -0.482 e. The lowest BCUT2D eigenvalue weighted by molar-refractivity contribution is -0.118. The van der Waals surface area contributed by atoms with Crippen LogP contribution in [0.3, 0.4) is 0 Å². The summed E-state index contributed by atoms with van der Waals surface area (Å²) in [6.07, 6.45) is 0. The summed E-state index contributed by atoms with van der Waals surface area (Å²) in [6.45, 7) is 1.65. The number of anilines is 2. The average molecular weight is 408 g/mol. The van der Waals surface area contributed by atoms with Crippen LogP contribution in [-0.4, -0.2) is 28.8 Å². The summed E-state index contributed by atoms with van der Waals surface area (Å²) in [7, 11) is 0. The number of aromatic nitrogens is 1. The molecule has 2 N–H and O–H groups in total. The molecular formula is C22H18ClN3O3. The summed E-state index contributed by atoms with van der Waals surface area (Å²) in [5.74, 6) is 0.201. The zero-order valence-electron chi connectivity index (χ0n) is 15.6. The molecule has 1 aliphatic heterocycles. The average Bonchev–Trinajstić information content (AvgIpc) is 2.73. The van der Waals surface area contributed by atoms with Crippen LogP contribution in [0.2, 0.25) is 0 Å². The number of amides is 2. The Morgan fingerprint density at radius 1 is 1.10 bits per heavy atom. The number of alkyl halides is 1. The first-order chi connectivity index (χ1) is 14.0. The third-order valence-corrected chi connectivity index (χ3v) is 4.64. The van der Waals surface area contributed by atoms with Crippen LogP contribution in [0.25, 0.3) is 22.5 Å². The van der Waals surface area contributed by atoms with Crippen molar-refractivity contribution in [3.8, 4) is 28.3 Å². The van der Waals surface area contributed by atoms with Crippen LogP contribution in [0.4, 0.5) is 11.4 Å². The molecule has 29 heavy (non-hydrogen) atoms. The molecule has 146 valence electrons. The normalized spacial score (nSPS) is 13.7. The van der Waals surface area contributed by atoms with Gasteiger partial charge in [0.2, 0.25) is 5.91 Å². The van der Waals surface area contributed by atoms with Crippen LogP contribution in [0.1, 0.15) is 6.92 Å². The zero-order chi connectivity index (χ0) is 20.4. The molecular weight excluding hydrogens is 390 g/mol. The molecule has 1 aromatic heterocycles. The van der Waals surface area contributed by atoms with Crippen LogP contribution < -0.4 is 15.4 Å². The molecule has 2 amide bonds. The van der Waals surface area contributed by atoms with Crippen molar-refractivity contribution < 1.29 is 14.3 Å². The van der Waals surface area contributed by atoms with Gasteiger partial charge in [0.1, 0.15) is 11.1 Å². The van der Waals surface area contributed by atoms with E-state index in [0.717, 1.165) is 22.5 Å². The Morgan fingerprint density at radius 3 is 2.59 bits per heavy atom. The van der Waals surface area contributed by atoms with E-state index in [9.17, 15) is 9.59 Å². The number of rotatable bonds is 4. The molecule has 0 fully saturated rings. The molecule has 0 bridgehead atoms. The molecule has 1 unspecified atom stereocenters. The first-order valence-corrected chi connectivity index (χ1v) is 9.53. The summed E-state index contributed by atoms with van der Waals surface area (Å²) in [5, 5.41) is 4.97. The Bertz CT molecular complexity index is 1100. The van der Waals surface area contributed by atoms with Gasteiger partial charge in [-0.05, 0) is 49.4 Å². The largest absolute Gasteiger partial charge is 0.482 e. The van der Waals surface area contributed by atoms with Crippen molar-refractivity contribution >= 4 is 34.8 Å². The molecule has 2 aromatic carbocycles. The van der Waals surface area contributed by atoms with Gasteiger partial charge in [-0.25, -0.2) is 4.98 Å². The third-order valence-electron chi connectivity index (χ3n) is 4.44. The van der Waals surface area contributed by atoms with E-state index in [-0.39, 0.29) is 18.4 Å². The molecule has 2 heterocycles. The van der Waals surface area contributed by atoms with Crippen molar-refractivity contribution in [3.63, 3.8) is 0 Å². The number of hydrogen-bond acceptors (Lipinski definition) is 4. The molecule has 6 nitrogen and oxygen atoms in total. The van der Waals surface area contributed by atoms with Crippen molar-refractivity contribution in [2.75, 3.05) is 17.2 Å².